The van der Waals surface area contributed by atoms with Gasteiger partial charge in [0.2, 0.25) is 0 Å². The molecule has 0 saturated carbocycles. The molecule has 0 fully saturated rings. The first-order chi connectivity index (χ1) is 10.1. The maximum atomic E-state index is 13.1. The molecule has 2 amide bonds. The number of amides is 2. The number of rotatable bonds is 5. The average Bonchev–Trinajstić information content (AvgIpc) is 2.48. The van der Waals surface area contributed by atoms with Gasteiger partial charge >= 0.3 is 6.03 Å². The number of carbonyl (C=O) groups is 1. The predicted octanol–water partition coefficient (Wildman–Crippen LogP) is 3.89. The molecular formula is C17H19FN2O. The molecule has 0 atom stereocenters. The Morgan fingerprint density at radius 3 is 2.67 bits per heavy atom. The number of benzene rings is 2. The van der Waals surface area contributed by atoms with Crippen molar-refractivity contribution < 1.29 is 9.18 Å². The number of urea groups is 1. The molecule has 110 valence electrons. The molecule has 0 unspecified atom stereocenters. The van der Waals surface area contributed by atoms with E-state index in [9.17, 15) is 9.18 Å². The summed E-state index contributed by atoms with van der Waals surface area (Å²) in [7, 11) is 0. The Bertz CT molecular complexity index is 599. The first-order valence-electron chi connectivity index (χ1n) is 7.00. The zero-order chi connectivity index (χ0) is 15.1. The molecular weight excluding hydrogens is 267 g/mol. The molecule has 0 aliphatic carbocycles. The molecule has 21 heavy (non-hydrogen) atoms. The summed E-state index contributed by atoms with van der Waals surface area (Å²) in [5, 5.41) is 5.44. The minimum absolute atomic E-state index is 0.309. The van der Waals surface area contributed by atoms with Crippen LogP contribution in [0.3, 0.4) is 0 Å². The minimum atomic E-state index is -0.361. The molecule has 0 radical (unpaired) electrons. The van der Waals surface area contributed by atoms with Gasteiger partial charge < -0.3 is 10.6 Å². The molecule has 3 nitrogen and oxygen atoms in total. The van der Waals surface area contributed by atoms with E-state index in [0.717, 1.165) is 18.4 Å². The van der Waals surface area contributed by atoms with Crippen LogP contribution >= 0.6 is 0 Å². The third-order valence-corrected chi connectivity index (χ3v) is 3.22. The highest BCUT2D eigenvalue weighted by Crippen LogP contribution is 2.15. The van der Waals surface area contributed by atoms with Crippen molar-refractivity contribution in [3.05, 3.63) is 65.5 Å². The Labute approximate surface area is 124 Å². The lowest BCUT2D eigenvalue weighted by molar-refractivity contribution is 0.252. The molecule has 0 spiro atoms. The average molecular weight is 286 g/mol. The van der Waals surface area contributed by atoms with Gasteiger partial charge in [-0.05, 0) is 43.0 Å². The topological polar surface area (TPSA) is 41.1 Å². The van der Waals surface area contributed by atoms with Crippen LogP contribution in [0.15, 0.2) is 48.5 Å². The van der Waals surface area contributed by atoms with Crippen LogP contribution in [0, 0.1) is 12.7 Å². The molecule has 4 heteroatoms. The number of anilines is 1. The smallest absolute Gasteiger partial charge is 0.319 e. The zero-order valence-corrected chi connectivity index (χ0v) is 12.0. The van der Waals surface area contributed by atoms with Gasteiger partial charge in [0.15, 0.2) is 0 Å². The fourth-order valence-electron chi connectivity index (χ4n) is 2.03. The standard InChI is InChI=1S/C17H19FN2O/c1-13-9-10-15(18)12-16(13)20-17(21)19-11-5-8-14-6-3-2-4-7-14/h2-4,6-7,9-10,12H,5,8,11H2,1H3,(H2,19,20,21). The third-order valence-electron chi connectivity index (χ3n) is 3.22. The fourth-order valence-corrected chi connectivity index (χ4v) is 2.03. The van der Waals surface area contributed by atoms with E-state index in [2.05, 4.69) is 22.8 Å². The number of hydrogen-bond donors (Lipinski definition) is 2. The summed E-state index contributed by atoms with van der Waals surface area (Å²) >= 11 is 0. The van der Waals surface area contributed by atoms with Crippen LogP contribution in [0.1, 0.15) is 17.5 Å². The van der Waals surface area contributed by atoms with E-state index >= 15 is 0 Å². The van der Waals surface area contributed by atoms with Gasteiger partial charge in [0.1, 0.15) is 5.82 Å². The van der Waals surface area contributed by atoms with Crippen LogP contribution in [0.2, 0.25) is 0 Å². The van der Waals surface area contributed by atoms with E-state index in [-0.39, 0.29) is 11.8 Å². The minimum Gasteiger partial charge on any atom is -0.338 e. The third kappa shape index (κ3) is 4.91. The van der Waals surface area contributed by atoms with Crippen molar-refractivity contribution in [2.45, 2.75) is 19.8 Å². The Hall–Kier alpha value is -2.36. The summed E-state index contributed by atoms with van der Waals surface area (Å²) in [5.41, 5.74) is 2.58. The van der Waals surface area contributed by atoms with E-state index < -0.39 is 0 Å². The SMILES string of the molecule is Cc1ccc(F)cc1NC(=O)NCCCc1ccccc1. The Kier molecular flexibility index (Phi) is 5.32. The maximum absolute atomic E-state index is 13.1. The van der Waals surface area contributed by atoms with Gasteiger partial charge in [0, 0.05) is 12.2 Å². The predicted molar refractivity (Wildman–Crippen MR) is 82.9 cm³/mol. The lowest BCUT2D eigenvalue weighted by Crippen LogP contribution is -2.30. The number of aryl methyl sites for hydroxylation is 2. The van der Waals surface area contributed by atoms with E-state index in [4.69, 9.17) is 0 Å². The summed E-state index contributed by atoms with van der Waals surface area (Å²) in [5.74, 6) is -0.361. The molecule has 2 rings (SSSR count). The van der Waals surface area contributed by atoms with Crippen LogP contribution in [0.25, 0.3) is 0 Å². The quantitative estimate of drug-likeness (QED) is 0.804. The lowest BCUT2D eigenvalue weighted by atomic mass is 10.1. The van der Waals surface area contributed by atoms with Crippen molar-refractivity contribution in [3.63, 3.8) is 0 Å². The summed E-state index contributed by atoms with van der Waals surface area (Å²) < 4.78 is 13.1. The molecule has 0 aliphatic rings. The van der Waals surface area contributed by atoms with Gasteiger partial charge in [0.25, 0.3) is 0 Å². The Morgan fingerprint density at radius 1 is 1.14 bits per heavy atom. The van der Waals surface area contributed by atoms with Gasteiger partial charge in [-0.1, -0.05) is 36.4 Å². The normalized spacial score (nSPS) is 10.2. The number of halogens is 1. The van der Waals surface area contributed by atoms with E-state index in [1.54, 1.807) is 6.07 Å². The van der Waals surface area contributed by atoms with Gasteiger partial charge in [-0.2, -0.15) is 0 Å². The molecule has 2 aromatic rings. The second-order valence-electron chi connectivity index (χ2n) is 4.93. The van der Waals surface area contributed by atoms with Crippen molar-refractivity contribution in [2.75, 3.05) is 11.9 Å². The highest BCUT2D eigenvalue weighted by atomic mass is 19.1. The van der Waals surface area contributed by atoms with Crippen LogP contribution in [0.5, 0.6) is 0 Å². The molecule has 2 aromatic carbocycles. The summed E-state index contributed by atoms with van der Waals surface area (Å²) in [4.78, 5) is 11.7. The van der Waals surface area contributed by atoms with Crippen molar-refractivity contribution in [1.29, 1.82) is 0 Å². The monoisotopic (exact) mass is 286 g/mol. The van der Waals surface area contributed by atoms with Crippen LogP contribution < -0.4 is 10.6 Å². The summed E-state index contributed by atoms with van der Waals surface area (Å²) in [6.07, 6.45) is 1.78. The molecule has 0 bridgehead atoms. The molecule has 0 saturated heterocycles. The zero-order valence-electron chi connectivity index (χ0n) is 12.0. The highest BCUT2D eigenvalue weighted by Gasteiger charge is 2.05. The second-order valence-corrected chi connectivity index (χ2v) is 4.93. The summed E-state index contributed by atoms with van der Waals surface area (Å²) in [6.45, 7) is 2.40. The van der Waals surface area contributed by atoms with Crippen LogP contribution in [0.4, 0.5) is 14.9 Å². The van der Waals surface area contributed by atoms with Gasteiger partial charge in [-0.3, -0.25) is 0 Å². The van der Waals surface area contributed by atoms with Gasteiger partial charge in [-0.15, -0.1) is 0 Å². The van der Waals surface area contributed by atoms with Crippen LogP contribution in [-0.4, -0.2) is 12.6 Å². The van der Waals surface area contributed by atoms with E-state index in [0.29, 0.717) is 12.2 Å². The largest absolute Gasteiger partial charge is 0.338 e. The number of hydrogen-bond acceptors (Lipinski definition) is 1. The Balaban J connectivity index is 1.74. The number of carbonyl (C=O) groups excluding carboxylic acids is 1. The van der Waals surface area contributed by atoms with Crippen molar-refractivity contribution in [1.82, 2.24) is 5.32 Å². The fraction of sp³-hybridized carbons (Fsp3) is 0.235. The van der Waals surface area contributed by atoms with Crippen molar-refractivity contribution >= 4 is 11.7 Å². The van der Waals surface area contributed by atoms with Crippen molar-refractivity contribution in [3.8, 4) is 0 Å². The van der Waals surface area contributed by atoms with E-state index in [1.165, 1.54) is 17.7 Å². The number of nitrogens with one attached hydrogen (secondary N) is 2. The Morgan fingerprint density at radius 2 is 1.90 bits per heavy atom. The lowest BCUT2D eigenvalue weighted by Gasteiger charge is -2.10. The molecule has 2 N–H and O–H groups in total. The van der Waals surface area contributed by atoms with E-state index in [1.807, 2.05) is 25.1 Å². The first-order valence-corrected chi connectivity index (χ1v) is 7.00. The first kappa shape index (κ1) is 15.0. The van der Waals surface area contributed by atoms with Gasteiger partial charge in [-0.25, -0.2) is 9.18 Å². The van der Waals surface area contributed by atoms with Gasteiger partial charge in [0.05, 0.1) is 0 Å². The highest BCUT2D eigenvalue weighted by molar-refractivity contribution is 5.89. The summed E-state index contributed by atoms with van der Waals surface area (Å²) in [6, 6.07) is 14.1. The maximum Gasteiger partial charge on any atom is 0.319 e. The molecule has 0 aliphatic heterocycles. The molecule has 0 aromatic heterocycles. The molecule has 0 heterocycles. The second kappa shape index (κ2) is 7.43. The van der Waals surface area contributed by atoms with Crippen LogP contribution in [-0.2, 0) is 6.42 Å². The van der Waals surface area contributed by atoms with Crippen molar-refractivity contribution in [2.24, 2.45) is 0 Å².